The van der Waals surface area contributed by atoms with Crippen molar-refractivity contribution in [2.45, 2.75) is 20.4 Å². The molecule has 0 spiro atoms. The van der Waals surface area contributed by atoms with Crippen LogP contribution in [0, 0.1) is 6.92 Å². The number of ether oxygens (including phenoxy) is 1. The molecule has 15 heavy (non-hydrogen) atoms. The van der Waals surface area contributed by atoms with Crippen LogP contribution in [0.4, 0.5) is 0 Å². The van der Waals surface area contributed by atoms with Crippen molar-refractivity contribution in [3.8, 4) is 0 Å². The van der Waals surface area contributed by atoms with Crippen molar-refractivity contribution in [3.63, 3.8) is 0 Å². The van der Waals surface area contributed by atoms with E-state index in [1.807, 2.05) is 6.92 Å². The Hall–Kier alpha value is -1.29. The zero-order valence-electron chi connectivity index (χ0n) is 8.83. The summed E-state index contributed by atoms with van der Waals surface area (Å²) in [4.78, 5) is 22.9. The van der Waals surface area contributed by atoms with Crippen molar-refractivity contribution in [1.29, 1.82) is 0 Å². The quantitative estimate of drug-likeness (QED) is 0.724. The molecule has 1 aromatic heterocycles. The van der Waals surface area contributed by atoms with E-state index in [2.05, 4.69) is 4.74 Å². The Morgan fingerprint density at radius 1 is 1.60 bits per heavy atom. The van der Waals surface area contributed by atoms with Crippen molar-refractivity contribution in [2.75, 3.05) is 7.11 Å². The fourth-order valence-electron chi connectivity index (χ4n) is 1.47. The standard InChI is InChI=1S/C10H12ClNO3/c1-4-12-6(2)9(10(14)15-3)7(11)5-8(12)13/h5H,4H2,1-3H3. The Labute approximate surface area is 92.4 Å². The van der Waals surface area contributed by atoms with Crippen LogP contribution >= 0.6 is 11.6 Å². The summed E-state index contributed by atoms with van der Waals surface area (Å²) < 4.78 is 6.07. The van der Waals surface area contributed by atoms with Crippen LogP contribution in [0.1, 0.15) is 23.0 Å². The lowest BCUT2D eigenvalue weighted by molar-refractivity contribution is 0.0599. The molecule has 1 aromatic rings. The zero-order chi connectivity index (χ0) is 11.6. The van der Waals surface area contributed by atoms with Crippen LogP contribution in [0.15, 0.2) is 10.9 Å². The van der Waals surface area contributed by atoms with Crippen molar-refractivity contribution >= 4 is 17.6 Å². The zero-order valence-corrected chi connectivity index (χ0v) is 9.59. The van der Waals surface area contributed by atoms with E-state index in [0.717, 1.165) is 0 Å². The molecule has 0 N–H and O–H groups in total. The lowest BCUT2D eigenvalue weighted by Gasteiger charge is -2.12. The molecule has 0 saturated heterocycles. The van der Waals surface area contributed by atoms with Crippen LogP contribution in [0.2, 0.25) is 5.02 Å². The Bertz CT molecular complexity index is 451. The summed E-state index contributed by atoms with van der Waals surface area (Å²) in [6.45, 7) is 3.98. The van der Waals surface area contributed by atoms with Crippen LogP contribution < -0.4 is 5.56 Å². The SMILES string of the molecule is CCn1c(C)c(C(=O)OC)c(Cl)cc1=O. The Morgan fingerprint density at radius 3 is 2.67 bits per heavy atom. The molecule has 0 saturated carbocycles. The van der Waals surface area contributed by atoms with Crippen LogP contribution in [0.3, 0.4) is 0 Å². The van der Waals surface area contributed by atoms with Gasteiger partial charge in [-0.1, -0.05) is 11.6 Å². The second kappa shape index (κ2) is 4.49. The summed E-state index contributed by atoms with van der Waals surface area (Å²) in [5.41, 5.74) is 0.565. The molecule has 0 unspecified atom stereocenters. The first kappa shape index (κ1) is 11.8. The van der Waals surface area contributed by atoms with Gasteiger partial charge in [0.15, 0.2) is 0 Å². The van der Waals surface area contributed by atoms with E-state index >= 15 is 0 Å². The van der Waals surface area contributed by atoms with Gasteiger partial charge in [0.2, 0.25) is 0 Å². The first-order valence-electron chi connectivity index (χ1n) is 4.51. The largest absolute Gasteiger partial charge is 0.465 e. The minimum Gasteiger partial charge on any atom is -0.465 e. The number of carbonyl (C=O) groups excluding carboxylic acids is 1. The van der Waals surface area contributed by atoms with Gasteiger partial charge < -0.3 is 9.30 Å². The second-order valence-electron chi connectivity index (χ2n) is 3.03. The van der Waals surface area contributed by atoms with Crippen LogP contribution in [0.5, 0.6) is 0 Å². The van der Waals surface area contributed by atoms with E-state index in [-0.39, 0.29) is 16.1 Å². The van der Waals surface area contributed by atoms with Gasteiger partial charge in [0.25, 0.3) is 5.56 Å². The molecule has 0 aromatic carbocycles. The molecule has 0 amide bonds. The molecule has 0 bridgehead atoms. The van der Waals surface area contributed by atoms with Gasteiger partial charge in [0.05, 0.1) is 17.7 Å². The molecular formula is C10H12ClNO3. The topological polar surface area (TPSA) is 48.3 Å². The monoisotopic (exact) mass is 229 g/mol. The number of aromatic nitrogens is 1. The van der Waals surface area contributed by atoms with Gasteiger partial charge in [-0.05, 0) is 13.8 Å². The molecule has 0 aliphatic carbocycles. The van der Waals surface area contributed by atoms with Gasteiger partial charge in [0, 0.05) is 18.3 Å². The lowest BCUT2D eigenvalue weighted by atomic mass is 10.2. The average molecular weight is 230 g/mol. The maximum absolute atomic E-state index is 11.5. The van der Waals surface area contributed by atoms with E-state index in [1.54, 1.807) is 6.92 Å². The summed E-state index contributed by atoms with van der Waals surface area (Å²) in [6.07, 6.45) is 0. The van der Waals surface area contributed by atoms with Gasteiger partial charge in [0.1, 0.15) is 0 Å². The molecule has 1 heterocycles. The molecule has 0 aliphatic rings. The van der Waals surface area contributed by atoms with Crippen LogP contribution in [-0.2, 0) is 11.3 Å². The van der Waals surface area contributed by atoms with E-state index in [4.69, 9.17) is 11.6 Å². The Kier molecular flexibility index (Phi) is 3.52. The minimum atomic E-state index is -0.528. The number of carbonyl (C=O) groups is 1. The summed E-state index contributed by atoms with van der Waals surface area (Å²) in [6, 6.07) is 1.23. The highest BCUT2D eigenvalue weighted by Gasteiger charge is 2.17. The van der Waals surface area contributed by atoms with Crippen molar-refractivity contribution in [1.82, 2.24) is 4.57 Å². The van der Waals surface area contributed by atoms with E-state index in [9.17, 15) is 9.59 Å². The van der Waals surface area contributed by atoms with Crippen molar-refractivity contribution in [2.24, 2.45) is 0 Å². The van der Waals surface area contributed by atoms with Crippen molar-refractivity contribution in [3.05, 3.63) is 32.7 Å². The summed E-state index contributed by atoms with van der Waals surface area (Å²) in [7, 11) is 1.28. The first-order chi connectivity index (χ1) is 7.02. The third-order valence-electron chi connectivity index (χ3n) is 2.23. The van der Waals surface area contributed by atoms with Crippen molar-refractivity contribution < 1.29 is 9.53 Å². The fraction of sp³-hybridized carbons (Fsp3) is 0.400. The molecular weight excluding hydrogens is 218 g/mol. The smallest absolute Gasteiger partial charge is 0.341 e. The highest BCUT2D eigenvalue weighted by atomic mass is 35.5. The number of hydrogen-bond acceptors (Lipinski definition) is 3. The van der Waals surface area contributed by atoms with E-state index in [1.165, 1.54) is 17.7 Å². The number of hydrogen-bond donors (Lipinski definition) is 0. The fourth-order valence-corrected chi connectivity index (χ4v) is 1.78. The molecule has 0 atom stereocenters. The molecule has 5 heteroatoms. The second-order valence-corrected chi connectivity index (χ2v) is 3.43. The number of pyridine rings is 1. The van der Waals surface area contributed by atoms with Crippen LogP contribution in [-0.4, -0.2) is 17.6 Å². The van der Waals surface area contributed by atoms with Gasteiger partial charge in [-0.3, -0.25) is 4.79 Å². The molecule has 4 nitrogen and oxygen atoms in total. The summed E-state index contributed by atoms with van der Waals surface area (Å²) in [5, 5.41) is 0.133. The lowest BCUT2D eigenvalue weighted by Crippen LogP contribution is -2.24. The first-order valence-corrected chi connectivity index (χ1v) is 4.89. The summed E-state index contributed by atoms with van der Waals surface area (Å²) in [5.74, 6) is -0.528. The van der Waals surface area contributed by atoms with Gasteiger partial charge in [-0.2, -0.15) is 0 Å². The number of methoxy groups -OCH3 is 1. The average Bonchev–Trinajstić information content (AvgIpc) is 2.17. The Morgan fingerprint density at radius 2 is 2.20 bits per heavy atom. The van der Waals surface area contributed by atoms with Crippen LogP contribution in [0.25, 0.3) is 0 Å². The number of esters is 1. The number of rotatable bonds is 2. The maximum atomic E-state index is 11.5. The molecule has 0 aliphatic heterocycles. The highest BCUT2D eigenvalue weighted by molar-refractivity contribution is 6.33. The minimum absolute atomic E-state index is 0.133. The Balaban J connectivity index is 3.52. The maximum Gasteiger partial charge on any atom is 0.341 e. The van der Waals surface area contributed by atoms with Gasteiger partial charge in [-0.15, -0.1) is 0 Å². The van der Waals surface area contributed by atoms with Gasteiger partial charge >= 0.3 is 5.97 Å². The molecule has 82 valence electrons. The highest BCUT2D eigenvalue weighted by Crippen LogP contribution is 2.18. The predicted molar refractivity (Wildman–Crippen MR) is 57.5 cm³/mol. The molecule has 0 radical (unpaired) electrons. The third-order valence-corrected chi connectivity index (χ3v) is 2.53. The molecule has 0 fully saturated rings. The normalized spacial score (nSPS) is 10.1. The van der Waals surface area contributed by atoms with E-state index < -0.39 is 5.97 Å². The van der Waals surface area contributed by atoms with E-state index in [0.29, 0.717) is 12.2 Å². The number of nitrogens with zero attached hydrogens (tertiary/aromatic N) is 1. The van der Waals surface area contributed by atoms with Gasteiger partial charge in [-0.25, -0.2) is 4.79 Å². The predicted octanol–water partition coefficient (Wildman–Crippen LogP) is 1.62. The summed E-state index contributed by atoms with van der Waals surface area (Å²) >= 11 is 5.82. The molecule has 1 rings (SSSR count). The number of halogens is 1. The third kappa shape index (κ3) is 2.04.